The molecule has 5 rings (SSSR count). The predicted octanol–water partition coefficient (Wildman–Crippen LogP) is 4.09. The van der Waals surface area contributed by atoms with Crippen LogP contribution in [0.5, 0.6) is 17.2 Å². The van der Waals surface area contributed by atoms with E-state index in [1.165, 1.54) is 19.2 Å². The second kappa shape index (κ2) is 9.68. The number of hydrogen-bond acceptors (Lipinski definition) is 5. The predicted molar refractivity (Wildman–Crippen MR) is 130 cm³/mol. The van der Waals surface area contributed by atoms with Crippen molar-refractivity contribution in [2.24, 2.45) is 0 Å². The lowest BCUT2D eigenvalue weighted by molar-refractivity contribution is 0.0906. The van der Waals surface area contributed by atoms with E-state index in [2.05, 4.69) is 10.3 Å². The summed E-state index contributed by atoms with van der Waals surface area (Å²) in [5.74, 6) is -0.0543. The summed E-state index contributed by atoms with van der Waals surface area (Å²) in [6.07, 6.45) is 2.33. The van der Waals surface area contributed by atoms with Crippen molar-refractivity contribution in [2.45, 2.75) is 12.5 Å². The molecule has 3 aromatic carbocycles. The zero-order chi connectivity index (χ0) is 24.4. The van der Waals surface area contributed by atoms with Gasteiger partial charge in [-0.15, -0.1) is 0 Å². The highest BCUT2D eigenvalue weighted by Crippen LogP contribution is 2.39. The first-order valence-corrected chi connectivity index (χ1v) is 11.3. The van der Waals surface area contributed by atoms with Gasteiger partial charge in [0.1, 0.15) is 13.2 Å². The van der Waals surface area contributed by atoms with Crippen LogP contribution < -0.4 is 19.5 Å². The largest absolute Gasteiger partial charge is 0.494 e. The highest BCUT2D eigenvalue weighted by atomic mass is 19.1. The maximum Gasteiger partial charge on any atom is 0.255 e. The van der Waals surface area contributed by atoms with Gasteiger partial charge in [-0.25, -0.2) is 4.39 Å². The third kappa shape index (κ3) is 4.52. The molecule has 35 heavy (non-hydrogen) atoms. The van der Waals surface area contributed by atoms with Gasteiger partial charge in [0, 0.05) is 17.1 Å². The Kier molecular flexibility index (Phi) is 6.29. The summed E-state index contributed by atoms with van der Waals surface area (Å²) in [6.45, 7) is 0.408. The van der Waals surface area contributed by atoms with E-state index >= 15 is 0 Å². The Morgan fingerprint density at radius 3 is 2.77 bits per heavy atom. The highest BCUT2D eigenvalue weighted by Gasteiger charge is 2.25. The molecule has 0 aliphatic carbocycles. The minimum absolute atomic E-state index is 0.132. The van der Waals surface area contributed by atoms with E-state index in [-0.39, 0.29) is 17.9 Å². The number of amides is 1. The molecule has 180 valence electrons. The van der Waals surface area contributed by atoms with E-state index in [9.17, 15) is 14.3 Å². The summed E-state index contributed by atoms with van der Waals surface area (Å²) in [4.78, 5) is 16.6. The van der Waals surface area contributed by atoms with Gasteiger partial charge in [0.05, 0.1) is 25.3 Å². The third-order valence-electron chi connectivity index (χ3n) is 6.07. The second-order valence-electron chi connectivity index (χ2n) is 8.31. The zero-order valence-corrected chi connectivity index (χ0v) is 19.1. The monoisotopic (exact) mass is 476 g/mol. The van der Waals surface area contributed by atoms with Crippen LogP contribution in [0, 0.1) is 5.82 Å². The number of hydrogen-bond donors (Lipinski definition) is 3. The molecule has 0 bridgehead atoms. The van der Waals surface area contributed by atoms with E-state index in [1.807, 2.05) is 30.5 Å². The van der Waals surface area contributed by atoms with Crippen molar-refractivity contribution < 1.29 is 28.5 Å². The number of benzene rings is 3. The Bertz CT molecular complexity index is 1380. The molecular formula is C27H25FN2O5. The van der Waals surface area contributed by atoms with Gasteiger partial charge in [0.2, 0.25) is 0 Å². The number of aromatic nitrogens is 1. The number of aliphatic hydroxyl groups is 1. The SMILES string of the molecule is COc1ccc(-c2cc3c(c(C(=O)N[C@@H](CO)Cc4c[nH]c5ccccc45)c2)OCCO3)cc1F. The summed E-state index contributed by atoms with van der Waals surface area (Å²) in [7, 11) is 1.40. The quantitative estimate of drug-likeness (QED) is 0.374. The van der Waals surface area contributed by atoms with Crippen LogP contribution in [-0.2, 0) is 6.42 Å². The van der Waals surface area contributed by atoms with Gasteiger partial charge < -0.3 is 29.6 Å². The first-order valence-electron chi connectivity index (χ1n) is 11.3. The van der Waals surface area contributed by atoms with Crippen molar-refractivity contribution in [1.29, 1.82) is 0 Å². The first-order chi connectivity index (χ1) is 17.1. The average Bonchev–Trinajstić information content (AvgIpc) is 3.30. The van der Waals surface area contributed by atoms with Gasteiger partial charge >= 0.3 is 0 Å². The van der Waals surface area contributed by atoms with Gasteiger partial charge in [-0.2, -0.15) is 0 Å². The van der Waals surface area contributed by atoms with Crippen LogP contribution in [0.2, 0.25) is 0 Å². The summed E-state index contributed by atoms with van der Waals surface area (Å²) in [5, 5.41) is 14.0. The molecule has 1 amide bonds. The number of fused-ring (bicyclic) bond motifs is 2. The standard InChI is InChI=1S/C27H25FN2O5/c1-33-24-7-6-16(12-22(24)28)17-11-21(26-25(13-17)34-8-9-35-26)27(32)30-19(15-31)10-18-14-29-23-5-3-2-4-20(18)23/h2-7,11-14,19,29,31H,8-10,15H2,1H3,(H,30,32)/t19-/m1/s1. The molecule has 4 aromatic rings. The van der Waals surface area contributed by atoms with E-state index in [0.29, 0.717) is 42.3 Å². The number of rotatable bonds is 7. The number of carbonyl (C=O) groups excluding carboxylic acids is 1. The van der Waals surface area contributed by atoms with Crippen LogP contribution in [0.25, 0.3) is 22.0 Å². The average molecular weight is 477 g/mol. The van der Waals surface area contributed by atoms with Crippen LogP contribution >= 0.6 is 0 Å². The van der Waals surface area contributed by atoms with Crippen molar-refractivity contribution in [2.75, 3.05) is 26.9 Å². The van der Waals surface area contributed by atoms with E-state index < -0.39 is 17.8 Å². The van der Waals surface area contributed by atoms with Crippen molar-refractivity contribution in [3.05, 3.63) is 77.7 Å². The topological polar surface area (TPSA) is 92.8 Å². The minimum Gasteiger partial charge on any atom is -0.494 e. The maximum absolute atomic E-state index is 14.4. The number of aromatic amines is 1. The Morgan fingerprint density at radius 1 is 1.14 bits per heavy atom. The van der Waals surface area contributed by atoms with Crippen LogP contribution in [0.15, 0.2) is 60.8 Å². The molecule has 3 N–H and O–H groups in total. The lowest BCUT2D eigenvalue weighted by atomic mass is 10.00. The van der Waals surface area contributed by atoms with Crippen LogP contribution in [0.1, 0.15) is 15.9 Å². The molecule has 1 aliphatic heterocycles. The van der Waals surface area contributed by atoms with Crippen LogP contribution in [0.4, 0.5) is 4.39 Å². The zero-order valence-electron chi connectivity index (χ0n) is 19.1. The molecule has 8 heteroatoms. The van der Waals surface area contributed by atoms with E-state index in [0.717, 1.165) is 16.5 Å². The molecule has 0 radical (unpaired) electrons. The third-order valence-corrected chi connectivity index (χ3v) is 6.07. The summed E-state index contributed by atoms with van der Waals surface area (Å²) in [5.41, 5.74) is 3.39. The molecule has 0 fully saturated rings. The normalized spacial score (nSPS) is 13.5. The number of para-hydroxylation sites is 1. The number of methoxy groups -OCH3 is 1. The van der Waals surface area contributed by atoms with Crippen molar-refractivity contribution >= 4 is 16.8 Å². The molecule has 0 saturated heterocycles. The van der Waals surface area contributed by atoms with Crippen molar-refractivity contribution in [1.82, 2.24) is 10.3 Å². The summed E-state index contributed by atoms with van der Waals surface area (Å²) in [6, 6.07) is 15.3. The Morgan fingerprint density at radius 2 is 1.97 bits per heavy atom. The molecule has 0 spiro atoms. The molecule has 0 unspecified atom stereocenters. The summed E-state index contributed by atoms with van der Waals surface area (Å²) < 4.78 is 30.9. The highest BCUT2D eigenvalue weighted by molar-refractivity contribution is 5.99. The summed E-state index contributed by atoms with van der Waals surface area (Å²) >= 11 is 0. The van der Waals surface area contributed by atoms with Gasteiger partial charge in [-0.05, 0) is 53.4 Å². The lowest BCUT2D eigenvalue weighted by Crippen LogP contribution is -2.39. The first kappa shape index (κ1) is 22.7. The Balaban J connectivity index is 1.45. The second-order valence-corrected chi connectivity index (χ2v) is 8.31. The van der Waals surface area contributed by atoms with Crippen molar-refractivity contribution in [3.8, 4) is 28.4 Å². The molecular weight excluding hydrogens is 451 g/mol. The van der Waals surface area contributed by atoms with Crippen LogP contribution in [0.3, 0.4) is 0 Å². The van der Waals surface area contributed by atoms with E-state index in [1.54, 1.807) is 18.2 Å². The molecule has 7 nitrogen and oxygen atoms in total. The molecule has 1 aliphatic rings. The fraction of sp³-hybridized carbons (Fsp3) is 0.222. The Labute approximate surface area is 201 Å². The smallest absolute Gasteiger partial charge is 0.255 e. The number of carbonyl (C=O) groups is 1. The fourth-order valence-corrected chi connectivity index (χ4v) is 4.33. The Hall–Kier alpha value is -4.04. The van der Waals surface area contributed by atoms with E-state index in [4.69, 9.17) is 14.2 Å². The minimum atomic E-state index is -0.524. The number of ether oxygens (including phenoxy) is 3. The van der Waals surface area contributed by atoms with Gasteiger partial charge in [-0.1, -0.05) is 24.3 Å². The molecule has 1 aromatic heterocycles. The molecule has 2 heterocycles. The number of halogens is 1. The lowest BCUT2D eigenvalue weighted by Gasteiger charge is -2.23. The number of H-pyrrole nitrogens is 1. The number of aliphatic hydroxyl groups excluding tert-OH is 1. The number of nitrogens with one attached hydrogen (secondary N) is 2. The molecule has 1 atom stereocenters. The maximum atomic E-state index is 14.4. The van der Waals surface area contributed by atoms with Gasteiger partial charge in [0.25, 0.3) is 5.91 Å². The van der Waals surface area contributed by atoms with Crippen molar-refractivity contribution in [3.63, 3.8) is 0 Å². The van der Waals surface area contributed by atoms with Crippen LogP contribution in [-0.4, -0.2) is 49.0 Å². The van der Waals surface area contributed by atoms with Gasteiger partial charge in [0.15, 0.2) is 23.1 Å². The molecule has 0 saturated carbocycles. The van der Waals surface area contributed by atoms with Gasteiger partial charge in [-0.3, -0.25) is 4.79 Å². The fourth-order valence-electron chi connectivity index (χ4n) is 4.33.